The molecule has 0 saturated carbocycles. The average molecular weight is 458 g/mol. The third-order valence-corrected chi connectivity index (χ3v) is 7.12. The first-order valence-electron chi connectivity index (χ1n) is 12.3. The Morgan fingerprint density at radius 1 is 0.389 bits per heavy atom. The summed E-state index contributed by atoms with van der Waals surface area (Å²) in [6.07, 6.45) is 3.79. The summed E-state index contributed by atoms with van der Waals surface area (Å²) >= 11 is 0. The van der Waals surface area contributed by atoms with Gasteiger partial charge in [0.05, 0.1) is 0 Å². The van der Waals surface area contributed by atoms with E-state index in [4.69, 9.17) is 0 Å². The van der Waals surface area contributed by atoms with Gasteiger partial charge >= 0.3 is 0 Å². The largest absolute Gasteiger partial charge is 0.264 e. The average Bonchev–Trinajstić information content (AvgIpc) is 2.96. The molecule has 1 nitrogen and oxygen atoms in total. The first-order chi connectivity index (χ1) is 17.9. The van der Waals surface area contributed by atoms with Crippen molar-refractivity contribution < 1.29 is 0 Å². The number of benzene rings is 6. The van der Waals surface area contributed by atoms with Gasteiger partial charge in [-0.15, -0.1) is 0 Å². The van der Waals surface area contributed by atoms with Gasteiger partial charge in [-0.3, -0.25) is 4.98 Å². The fourth-order valence-corrected chi connectivity index (χ4v) is 5.57. The molecule has 1 aromatic heterocycles. The van der Waals surface area contributed by atoms with Crippen molar-refractivity contribution >= 4 is 32.3 Å². The van der Waals surface area contributed by atoms with Crippen LogP contribution in [0.5, 0.6) is 0 Å². The second kappa shape index (κ2) is 8.48. The van der Waals surface area contributed by atoms with Crippen LogP contribution in [0.15, 0.2) is 140 Å². The van der Waals surface area contributed by atoms with Gasteiger partial charge in [-0.2, -0.15) is 0 Å². The number of rotatable bonds is 3. The number of pyridine rings is 1. The number of hydrogen-bond acceptors (Lipinski definition) is 1. The molecule has 0 N–H and O–H groups in total. The lowest BCUT2D eigenvalue weighted by Gasteiger charge is -2.19. The van der Waals surface area contributed by atoms with Crippen LogP contribution in [-0.4, -0.2) is 4.98 Å². The highest BCUT2D eigenvalue weighted by atomic mass is 14.6. The zero-order chi connectivity index (χ0) is 23.9. The SMILES string of the molecule is c1ccc(-c2c3ccccc3c(-c3cc(-c4cccnc4)c4ccccc4c3)c3ccccc23)cc1. The van der Waals surface area contributed by atoms with Crippen LogP contribution in [0.3, 0.4) is 0 Å². The van der Waals surface area contributed by atoms with E-state index in [2.05, 4.69) is 126 Å². The summed E-state index contributed by atoms with van der Waals surface area (Å²) in [6, 6.07) is 45.9. The maximum atomic E-state index is 4.42. The van der Waals surface area contributed by atoms with Crippen molar-refractivity contribution in [3.8, 4) is 33.4 Å². The molecular formula is C35H23N. The van der Waals surface area contributed by atoms with Crippen LogP contribution in [0.25, 0.3) is 65.7 Å². The molecule has 0 saturated heterocycles. The molecule has 0 aliphatic carbocycles. The first-order valence-corrected chi connectivity index (χ1v) is 12.3. The molecule has 0 spiro atoms. The van der Waals surface area contributed by atoms with Gasteiger partial charge in [0.2, 0.25) is 0 Å². The molecule has 0 aliphatic rings. The van der Waals surface area contributed by atoms with Crippen LogP contribution < -0.4 is 0 Å². The van der Waals surface area contributed by atoms with E-state index >= 15 is 0 Å². The van der Waals surface area contributed by atoms with Crippen LogP contribution in [0.4, 0.5) is 0 Å². The van der Waals surface area contributed by atoms with Crippen LogP contribution >= 0.6 is 0 Å². The Labute approximate surface area is 210 Å². The van der Waals surface area contributed by atoms with Gasteiger partial charge in [-0.25, -0.2) is 0 Å². The minimum atomic E-state index is 1.13. The van der Waals surface area contributed by atoms with Crippen molar-refractivity contribution in [2.24, 2.45) is 0 Å². The van der Waals surface area contributed by atoms with E-state index in [9.17, 15) is 0 Å². The third-order valence-electron chi connectivity index (χ3n) is 7.12. The fraction of sp³-hybridized carbons (Fsp3) is 0. The Morgan fingerprint density at radius 3 is 1.53 bits per heavy atom. The highest BCUT2D eigenvalue weighted by molar-refractivity contribution is 6.22. The topological polar surface area (TPSA) is 12.9 Å². The smallest absolute Gasteiger partial charge is 0.0346 e. The van der Waals surface area contributed by atoms with Gasteiger partial charge in [0.1, 0.15) is 0 Å². The van der Waals surface area contributed by atoms with Crippen LogP contribution in [0, 0.1) is 0 Å². The summed E-state index contributed by atoms with van der Waals surface area (Å²) in [4.78, 5) is 4.42. The van der Waals surface area contributed by atoms with E-state index < -0.39 is 0 Å². The van der Waals surface area contributed by atoms with Crippen molar-refractivity contribution in [1.82, 2.24) is 4.98 Å². The van der Waals surface area contributed by atoms with Gasteiger partial charge in [0, 0.05) is 18.0 Å². The predicted molar refractivity (Wildman–Crippen MR) is 153 cm³/mol. The zero-order valence-corrected chi connectivity index (χ0v) is 19.7. The summed E-state index contributed by atoms with van der Waals surface area (Å²) in [5.41, 5.74) is 7.36. The molecule has 0 amide bonds. The van der Waals surface area contributed by atoms with Gasteiger partial charge in [-0.1, -0.05) is 109 Å². The molecule has 0 fully saturated rings. The molecule has 36 heavy (non-hydrogen) atoms. The molecule has 0 aliphatic heterocycles. The second-order valence-corrected chi connectivity index (χ2v) is 9.19. The molecule has 6 aromatic carbocycles. The summed E-state index contributed by atoms with van der Waals surface area (Å²) in [6.45, 7) is 0. The molecule has 1 heteroatoms. The summed E-state index contributed by atoms with van der Waals surface area (Å²) in [5.74, 6) is 0. The molecule has 0 bridgehead atoms. The molecule has 0 unspecified atom stereocenters. The van der Waals surface area contributed by atoms with Gasteiger partial charge in [0.15, 0.2) is 0 Å². The van der Waals surface area contributed by atoms with E-state index in [1.54, 1.807) is 0 Å². The molecule has 7 rings (SSSR count). The Kier molecular flexibility index (Phi) is 4.85. The standard InChI is InChI=1S/C35H23N/c1-2-11-24(12-3-1)34-29-16-6-8-18-31(29)35(32-19-9-7-17-30(32)34)27-21-25-13-4-5-15-28(25)33(22-27)26-14-10-20-36-23-26/h1-23H. The quantitative estimate of drug-likeness (QED) is 0.241. The summed E-state index contributed by atoms with van der Waals surface area (Å²) in [7, 11) is 0. The van der Waals surface area contributed by atoms with Crippen LogP contribution in [0.2, 0.25) is 0 Å². The lowest BCUT2D eigenvalue weighted by Crippen LogP contribution is -1.92. The minimum Gasteiger partial charge on any atom is -0.264 e. The minimum absolute atomic E-state index is 1.13. The van der Waals surface area contributed by atoms with Crippen LogP contribution in [-0.2, 0) is 0 Å². The van der Waals surface area contributed by atoms with E-state index in [1.165, 1.54) is 60.1 Å². The van der Waals surface area contributed by atoms with E-state index in [-0.39, 0.29) is 0 Å². The van der Waals surface area contributed by atoms with Crippen LogP contribution in [0.1, 0.15) is 0 Å². The third kappa shape index (κ3) is 3.29. The number of nitrogens with zero attached hydrogens (tertiary/aromatic N) is 1. The van der Waals surface area contributed by atoms with Crippen molar-refractivity contribution in [2.45, 2.75) is 0 Å². The molecule has 168 valence electrons. The molecule has 0 radical (unpaired) electrons. The molecule has 1 heterocycles. The number of fused-ring (bicyclic) bond motifs is 3. The highest BCUT2D eigenvalue weighted by Crippen LogP contribution is 2.45. The van der Waals surface area contributed by atoms with E-state index in [1.807, 2.05) is 18.5 Å². The van der Waals surface area contributed by atoms with Crippen molar-refractivity contribution in [3.63, 3.8) is 0 Å². The first kappa shape index (κ1) is 20.6. The lowest BCUT2D eigenvalue weighted by molar-refractivity contribution is 1.33. The lowest BCUT2D eigenvalue weighted by atomic mass is 9.84. The monoisotopic (exact) mass is 457 g/mol. The fourth-order valence-electron chi connectivity index (χ4n) is 5.57. The van der Waals surface area contributed by atoms with Crippen molar-refractivity contribution in [2.75, 3.05) is 0 Å². The number of aromatic nitrogens is 1. The molecule has 7 aromatic rings. The van der Waals surface area contributed by atoms with Crippen molar-refractivity contribution in [1.29, 1.82) is 0 Å². The Morgan fingerprint density at radius 2 is 0.917 bits per heavy atom. The van der Waals surface area contributed by atoms with Gasteiger partial charge < -0.3 is 0 Å². The second-order valence-electron chi connectivity index (χ2n) is 9.19. The zero-order valence-electron chi connectivity index (χ0n) is 19.7. The Balaban J connectivity index is 1.63. The normalized spacial score (nSPS) is 11.3. The summed E-state index contributed by atoms with van der Waals surface area (Å²) < 4.78 is 0. The highest BCUT2D eigenvalue weighted by Gasteiger charge is 2.17. The Bertz CT molecular complexity index is 1810. The maximum Gasteiger partial charge on any atom is 0.0346 e. The molecule has 0 atom stereocenters. The summed E-state index contributed by atoms with van der Waals surface area (Å²) in [5, 5.41) is 7.55. The van der Waals surface area contributed by atoms with E-state index in [0.717, 1.165) is 5.56 Å². The predicted octanol–water partition coefficient (Wildman–Crippen LogP) is 9.54. The maximum absolute atomic E-state index is 4.42. The number of hydrogen-bond donors (Lipinski definition) is 0. The van der Waals surface area contributed by atoms with Gasteiger partial charge in [0.25, 0.3) is 0 Å². The van der Waals surface area contributed by atoms with Gasteiger partial charge in [-0.05, 0) is 78.3 Å². The van der Waals surface area contributed by atoms with E-state index in [0.29, 0.717) is 0 Å². The Hall–Kier alpha value is -4.75. The van der Waals surface area contributed by atoms with Crippen molar-refractivity contribution in [3.05, 3.63) is 140 Å². The molecular weight excluding hydrogens is 434 g/mol.